The van der Waals surface area contributed by atoms with Crippen molar-refractivity contribution >= 4 is 11.9 Å². The molecule has 0 aliphatic carbocycles. The van der Waals surface area contributed by atoms with Gasteiger partial charge in [0.25, 0.3) is 5.91 Å². The number of ether oxygens (including phenoxy) is 1. The lowest BCUT2D eigenvalue weighted by Gasteiger charge is -2.34. The fourth-order valence-corrected chi connectivity index (χ4v) is 2.24. The smallest absolute Gasteiger partial charge is 0.304 e. The Morgan fingerprint density at radius 1 is 1.29 bits per heavy atom. The Kier molecular flexibility index (Phi) is 5.10. The highest BCUT2D eigenvalue weighted by atomic mass is 16.5. The molecule has 0 spiro atoms. The minimum Gasteiger partial charge on any atom is -0.481 e. The number of carbonyl (C=O) groups excluding carboxylic acids is 1. The van der Waals surface area contributed by atoms with E-state index in [9.17, 15) is 9.59 Å². The van der Waals surface area contributed by atoms with Crippen LogP contribution in [0.1, 0.15) is 16.8 Å². The van der Waals surface area contributed by atoms with Crippen molar-refractivity contribution in [2.45, 2.75) is 6.42 Å². The van der Waals surface area contributed by atoms with E-state index in [-0.39, 0.29) is 12.3 Å². The van der Waals surface area contributed by atoms with Gasteiger partial charge >= 0.3 is 5.97 Å². The molecule has 0 bridgehead atoms. The molecule has 1 aromatic rings. The number of carboxylic acids is 1. The van der Waals surface area contributed by atoms with Gasteiger partial charge in [0, 0.05) is 45.0 Å². The third-order valence-electron chi connectivity index (χ3n) is 3.49. The number of methoxy groups -OCH3 is 1. The number of aromatic nitrogens is 1. The Morgan fingerprint density at radius 3 is 2.52 bits per heavy atom. The van der Waals surface area contributed by atoms with E-state index in [1.54, 1.807) is 17.0 Å². The van der Waals surface area contributed by atoms with E-state index in [1.165, 1.54) is 13.3 Å². The van der Waals surface area contributed by atoms with E-state index in [4.69, 9.17) is 9.84 Å². The molecule has 7 nitrogen and oxygen atoms in total. The Balaban J connectivity index is 1.86. The molecule has 2 rings (SSSR count). The largest absolute Gasteiger partial charge is 0.481 e. The zero-order valence-electron chi connectivity index (χ0n) is 12.0. The van der Waals surface area contributed by atoms with Crippen molar-refractivity contribution in [2.75, 3.05) is 39.8 Å². The molecule has 0 aromatic carbocycles. The third kappa shape index (κ3) is 4.16. The van der Waals surface area contributed by atoms with Crippen LogP contribution in [-0.2, 0) is 4.79 Å². The van der Waals surface area contributed by atoms with Crippen LogP contribution in [0.25, 0.3) is 0 Å². The highest BCUT2D eigenvalue weighted by Crippen LogP contribution is 2.11. The Morgan fingerprint density at radius 2 is 2.00 bits per heavy atom. The van der Waals surface area contributed by atoms with Crippen molar-refractivity contribution in [3.05, 3.63) is 23.9 Å². The van der Waals surface area contributed by atoms with Crippen LogP contribution in [0, 0.1) is 0 Å². The fraction of sp³-hybridized carbons (Fsp3) is 0.500. The second-order valence-corrected chi connectivity index (χ2v) is 4.87. The van der Waals surface area contributed by atoms with Gasteiger partial charge in [-0.25, -0.2) is 4.98 Å². The van der Waals surface area contributed by atoms with Crippen molar-refractivity contribution in [3.63, 3.8) is 0 Å². The molecule has 1 saturated heterocycles. The predicted octanol–water partition coefficient (Wildman–Crippen LogP) is 0.323. The van der Waals surface area contributed by atoms with Gasteiger partial charge in [-0.2, -0.15) is 0 Å². The summed E-state index contributed by atoms with van der Waals surface area (Å²) in [5.74, 6) is -0.370. The van der Waals surface area contributed by atoms with E-state index in [0.717, 1.165) is 0 Å². The molecule has 1 fully saturated rings. The SMILES string of the molecule is COc1ccc(C(=O)N2CCN(CCC(=O)O)CC2)cn1. The maximum atomic E-state index is 12.3. The first-order valence-electron chi connectivity index (χ1n) is 6.83. The van der Waals surface area contributed by atoms with Gasteiger partial charge in [0.1, 0.15) is 0 Å². The lowest BCUT2D eigenvalue weighted by Crippen LogP contribution is -2.49. The van der Waals surface area contributed by atoms with Crippen LogP contribution in [0.5, 0.6) is 5.88 Å². The van der Waals surface area contributed by atoms with Gasteiger partial charge in [0.15, 0.2) is 0 Å². The van der Waals surface area contributed by atoms with E-state index in [2.05, 4.69) is 9.88 Å². The Bertz CT molecular complexity index is 495. The minimum atomic E-state index is -0.794. The lowest BCUT2D eigenvalue weighted by molar-refractivity contribution is -0.137. The molecule has 0 saturated carbocycles. The molecule has 0 atom stereocenters. The molecule has 114 valence electrons. The van der Waals surface area contributed by atoms with Gasteiger partial charge in [-0.15, -0.1) is 0 Å². The number of piperazine rings is 1. The maximum absolute atomic E-state index is 12.3. The summed E-state index contributed by atoms with van der Waals surface area (Å²) in [5.41, 5.74) is 0.537. The summed E-state index contributed by atoms with van der Waals surface area (Å²) in [6, 6.07) is 3.36. The molecule has 0 unspecified atom stereocenters. The second-order valence-electron chi connectivity index (χ2n) is 4.87. The zero-order chi connectivity index (χ0) is 15.2. The summed E-state index contributed by atoms with van der Waals surface area (Å²) in [6.45, 7) is 3.13. The normalized spacial score (nSPS) is 15.8. The van der Waals surface area contributed by atoms with E-state index in [1.807, 2.05) is 0 Å². The highest BCUT2D eigenvalue weighted by molar-refractivity contribution is 5.94. The number of carboxylic acid groups (broad SMARTS) is 1. The van der Waals surface area contributed by atoms with Crippen LogP contribution in [-0.4, -0.2) is 71.6 Å². The molecule has 1 aromatic heterocycles. The monoisotopic (exact) mass is 293 g/mol. The van der Waals surface area contributed by atoms with Crippen molar-refractivity contribution in [1.29, 1.82) is 0 Å². The van der Waals surface area contributed by atoms with E-state index < -0.39 is 5.97 Å². The first-order chi connectivity index (χ1) is 10.1. The summed E-state index contributed by atoms with van der Waals surface area (Å²) in [6.07, 6.45) is 1.65. The van der Waals surface area contributed by atoms with Crippen molar-refractivity contribution in [3.8, 4) is 5.88 Å². The molecule has 0 radical (unpaired) electrons. The summed E-state index contributed by atoms with van der Waals surface area (Å²) in [5, 5.41) is 8.67. The molecular weight excluding hydrogens is 274 g/mol. The topological polar surface area (TPSA) is 83.0 Å². The standard InChI is InChI=1S/C14H19N3O4/c1-21-12-3-2-11(10-15-12)14(20)17-8-6-16(7-9-17)5-4-13(18)19/h2-3,10H,4-9H2,1H3,(H,18,19). The zero-order valence-corrected chi connectivity index (χ0v) is 12.0. The highest BCUT2D eigenvalue weighted by Gasteiger charge is 2.22. The number of hydrogen-bond acceptors (Lipinski definition) is 5. The summed E-state index contributed by atoms with van der Waals surface area (Å²) in [4.78, 5) is 30.7. The number of carbonyl (C=O) groups is 2. The quantitative estimate of drug-likeness (QED) is 0.842. The minimum absolute atomic E-state index is 0.0527. The van der Waals surface area contributed by atoms with Gasteiger partial charge in [0.2, 0.25) is 5.88 Å². The van der Waals surface area contributed by atoms with Gasteiger partial charge in [-0.1, -0.05) is 0 Å². The summed E-state index contributed by atoms with van der Waals surface area (Å²) < 4.78 is 4.96. The molecule has 21 heavy (non-hydrogen) atoms. The Labute approximate surface area is 123 Å². The van der Waals surface area contributed by atoms with Gasteiger partial charge in [-0.05, 0) is 6.07 Å². The average molecular weight is 293 g/mol. The van der Waals surface area contributed by atoms with E-state index >= 15 is 0 Å². The van der Waals surface area contributed by atoms with Gasteiger partial charge in [-0.3, -0.25) is 14.5 Å². The third-order valence-corrected chi connectivity index (χ3v) is 3.49. The van der Waals surface area contributed by atoms with Crippen LogP contribution in [0.2, 0.25) is 0 Å². The van der Waals surface area contributed by atoms with Gasteiger partial charge < -0.3 is 14.7 Å². The fourth-order valence-electron chi connectivity index (χ4n) is 2.24. The van der Waals surface area contributed by atoms with Crippen LogP contribution in [0.15, 0.2) is 18.3 Å². The Hall–Kier alpha value is -2.15. The number of pyridine rings is 1. The van der Waals surface area contributed by atoms with E-state index in [0.29, 0.717) is 44.2 Å². The molecular formula is C14H19N3O4. The molecule has 1 aliphatic heterocycles. The number of rotatable bonds is 5. The van der Waals surface area contributed by atoms with Crippen LogP contribution in [0.3, 0.4) is 0 Å². The molecule has 1 aliphatic rings. The molecule has 1 amide bonds. The first-order valence-corrected chi connectivity index (χ1v) is 6.83. The second kappa shape index (κ2) is 7.03. The molecule has 7 heteroatoms. The average Bonchev–Trinajstić information content (AvgIpc) is 2.53. The predicted molar refractivity (Wildman–Crippen MR) is 75.4 cm³/mol. The first kappa shape index (κ1) is 15.2. The maximum Gasteiger partial charge on any atom is 0.304 e. The van der Waals surface area contributed by atoms with Crippen LogP contribution < -0.4 is 4.74 Å². The molecule has 2 heterocycles. The number of hydrogen-bond donors (Lipinski definition) is 1. The van der Waals surface area contributed by atoms with Crippen molar-refractivity contribution in [1.82, 2.24) is 14.8 Å². The van der Waals surface area contributed by atoms with Crippen LogP contribution in [0.4, 0.5) is 0 Å². The van der Waals surface area contributed by atoms with Crippen LogP contribution >= 0.6 is 0 Å². The number of nitrogens with zero attached hydrogens (tertiary/aromatic N) is 3. The number of amides is 1. The van der Waals surface area contributed by atoms with Gasteiger partial charge in [0.05, 0.1) is 19.1 Å². The summed E-state index contributed by atoms with van der Waals surface area (Å²) >= 11 is 0. The van der Waals surface area contributed by atoms with Crippen molar-refractivity contribution in [2.24, 2.45) is 0 Å². The molecule has 1 N–H and O–H groups in total. The lowest BCUT2D eigenvalue weighted by atomic mass is 10.2. The van der Waals surface area contributed by atoms with Crippen molar-refractivity contribution < 1.29 is 19.4 Å². The number of aliphatic carboxylic acids is 1. The summed E-state index contributed by atoms with van der Waals surface area (Å²) in [7, 11) is 1.53.